The summed E-state index contributed by atoms with van der Waals surface area (Å²) in [5.41, 5.74) is 0.248. The number of nitrogens with one attached hydrogen (secondary N) is 1. The van der Waals surface area contributed by atoms with E-state index >= 15 is 0 Å². The van der Waals surface area contributed by atoms with Crippen LogP contribution in [0.25, 0.3) is 6.08 Å². The minimum atomic E-state index is -0.613. The van der Waals surface area contributed by atoms with Gasteiger partial charge in [-0.1, -0.05) is 34.2 Å². The first-order chi connectivity index (χ1) is 10.5. The lowest BCUT2D eigenvalue weighted by Crippen LogP contribution is -2.13. The number of hydrogen-bond acceptors (Lipinski definition) is 5. The van der Waals surface area contributed by atoms with E-state index < -0.39 is 11.7 Å². The van der Waals surface area contributed by atoms with Crippen molar-refractivity contribution in [1.82, 2.24) is 10.2 Å². The zero-order valence-corrected chi connectivity index (χ0v) is 13.8. The van der Waals surface area contributed by atoms with Gasteiger partial charge in [0.2, 0.25) is 5.13 Å². The number of nitriles is 1. The van der Waals surface area contributed by atoms with Crippen molar-refractivity contribution in [3.05, 3.63) is 44.6 Å². The Bertz CT molecular complexity index is 781. The van der Waals surface area contributed by atoms with Crippen molar-refractivity contribution >= 4 is 44.4 Å². The summed E-state index contributed by atoms with van der Waals surface area (Å²) >= 11 is 4.49. The quantitative estimate of drug-likeness (QED) is 0.649. The van der Waals surface area contributed by atoms with Crippen molar-refractivity contribution in [3.8, 4) is 6.07 Å². The van der Waals surface area contributed by atoms with Crippen molar-refractivity contribution < 1.29 is 9.18 Å². The van der Waals surface area contributed by atoms with Gasteiger partial charge >= 0.3 is 0 Å². The highest BCUT2D eigenvalue weighted by atomic mass is 79.9. The third-order valence-corrected chi connectivity index (χ3v) is 4.32. The minimum absolute atomic E-state index is 0.153. The smallest absolute Gasteiger partial charge is 0.268 e. The maximum atomic E-state index is 13.2. The number of carbonyl (C=O) groups excluding carboxylic acids is 1. The zero-order valence-electron chi connectivity index (χ0n) is 11.4. The topological polar surface area (TPSA) is 78.7 Å². The van der Waals surface area contributed by atoms with Crippen LogP contribution in [0.2, 0.25) is 0 Å². The van der Waals surface area contributed by atoms with Crippen LogP contribution in [0.15, 0.2) is 28.2 Å². The second-order valence-corrected chi connectivity index (χ2v) is 6.06. The summed E-state index contributed by atoms with van der Waals surface area (Å²) in [6, 6.07) is 5.82. The maximum Gasteiger partial charge on any atom is 0.268 e. The van der Waals surface area contributed by atoms with E-state index in [1.807, 2.05) is 6.92 Å². The standard InChI is InChI=1S/C14H10BrFN4OS/c1-2-12-19-20-14(22-12)18-13(21)9(7-17)5-8-6-10(16)3-4-11(8)15/h3-6H,2H2,1H3,(H,18,20,21)/b9-5+. The molecule has 8 heteroatoms. The summed E-state index contributed by atoms with van der Waals surface area (Å²) in [5, 5.41) is 20.4. The van der Waals surface area contributed by atoms with Crippen LogP contribution in [0.3, 0.4) is 0 Å². The number of aryl methyl sites for hydroxylation is 1. The molecule has 0 unspecified atom stereocenters. The lowest BCUT2D eigenvalue weighted by atomic mass is 10.1. The van der Waals surface area contributed by atoms with Crippen LogP contribution in [0.1, 0.15) is 17.5 Å². The summed E-state index contributed by atoms with van der Waals surface area (Å²) in [6.45, 7) is 1.92. The molecule has 0 spiro atoms. The fourth-order valence-electron chi connectivity index (χ4n) is 1.54. The largest absolute Gasteiger partial charge is 0.296 e. The molecule has 0 aliphatic heterocycles. The number of benzene rings is 1. The van der Waals surface area contributed by atoms with Crippen molar-refractivity contribution in [2.45, 2.75) is 13.3 Å². The van der Waals surface area contributed by atoms with Crippen LogP contribution in [-0.2, 0) is 11.2 Å². The van der Waals surface area contributed by atoms with E-state index in [0.717, 1.165) is 5.01 Å². The average Bonchev–Trinajstić information content (AvgIpc) is 2.95. The summed E-state index contributed by atoms with van der Waals surface area (Å²) in [6.07, 6.45) is 2.02. The second-order valence-electron chi connectivity index (χ2n) is 4.14. The van der Waals surface area contributed by atoms with E-state index in [2.05, 4.69) is 31.4 Å². The zero-order chi connectivity index (χ0) is 16.1. The Balaban J connectivity index is 2.23. The molecule has 2 aromatic rings. The molecule has 0 bridgehead atoms. The Morgan fingerprint density at radius 3 is 2.95 bits per heavy atom. The molecule has 1 heterocycles. The van der Waals surface area contributed by atoms with Gasteiger partial charge in [-0.3, -0.25) is 10.1 Å². The van der Waals surface area contributed by atoms with Crippen molar-refractivity contribution in [1.29, 1.82) is 5.26 Å². The van der Waals surface area contributed by atoms with Gasteiger partial charge < -0.3 is 0 Å². The van der Waals surface area contributed by atoms with Gasteiger partial charge in [0.05, 0.1) is 0 Å². The minimum Gasteiger partial charge on any atom is -0.296 e. The van der Waals surface area contributed by atoms with Crippen LogP contribution in [-0.4, -0.2) is 16.1 Å². The third kappa shape index (κ3) is 3.96. The SMILES string of the molecule is CCc1nnc(NC(=O)/C(C#N)=C/c2cc(F)ccc2Br)s1. The van der Waals surface area contributed by atoms with E-state index in [4.69, 9.17) is 5.26 Å². The summed E-state index contributed by atoms with van der Waals surface area (Å²) < 4.78 is 13.8. The molecule has 0 aliphatic rings. The van der Waals surface area contributed by atoms with Gasteiger partial charge in [-0.25, -0.2) is 4.39 Å². The first-order valence-electron chi connectivity index (χ1n) is 6.24. The van der Waals surface area contributed by atoms with Gasteiger partial charge in [0.1, 0.15) is 22.5 Å². The molecule has 1 amide bonds. The maximum absolute atomic E-state index is 13.2. The number of nitrogens with zero attached hydrogens (tertiary/aromatic N) is 3. The molecule has 0 fully saturated rings. The Labute approximate surface area is 138 Å². The van der Waals surface area contributed by atoms with Gasteiger partial charge in [0, 0.05) is 4.47 Å². The van der Waals surface area contributed by atoms with Gasteiger partial charge in [-0.15, -0.1) is 10.2 Å². The number of aromatic nitrogens is 2. The molecule has 5 nitrogen and oxygen atoms in total. The normalized spacial score (nSPS) is 11.1. The van der Waals surface area contributed by atoms with Crippen molar-refractivity contribution in [2.75, 3.05) is 5.32 Å². The van der Waals surface area contributed by atoms with Gasteiger partial charge in [0.15, 0.2) is 0 Å². The first-order valence-corrected chi connectivity index (χ1v) is 7.85. The molecule has 112 valence electrons. The first kappa shape index (κ1) is 16.3. The van der Waals surface area contributed by atoms with E-state index in [0.29, 0.717) is 21.6 Å². The van der Waals surface area contributed by atoms with Crippen LogP contribution in [0, 0.1) is 17.1 Å². The Morgan fingerprint density at radius 2 is 2.32 bits per heavy atom. The number of rotatable bonds is 4. The highest BCUT2D eigenvalue weighted by molar-refractivity contribution is 9.10. The molecule has 1 N–H and O–H groups in total. The second kappa shape index (κ2) is 7.24. The number of carbonyl (C=O) groups is 1. The van der Waals surface area contributed by atoms with Crippen LogP contribution in [0.5, 0.6) is 0 Å². The summed E-state index contributed by atoms with van der Waals surface area (Å²) in [7, 11) is 0. The molecular weight excluding hydrogens is 371 g/mol. The van der Waals surface area contributed by atoms with Gasteiger partial charge in [-0.05, 0) is 36.3 Å². The van der Waals surface area contributed by atoms with Crippen molar-refractivity contribution in [3.63, 3.8) is 0 Å². The Kier molecular flexibility index (Phi) is 5.35. The fraction of sp³-hybridized carbons (Fsp3) is 0.143. The predicted molar refractivity (Wildman–Crippen MR) is 85.6 cm³/mol. The monoisotopic (exact) mass is 380 g/mol. The number of amides is 1. The van der Waals surface area contributed by atoms with Gasteiger partial charge in [-0.2, -0.15) is 5.26 Å². The molecule has 1 aromatic carbocycles. The molecule has 2 rings (SSSR count). The van der Waals surface area contributed by atoms with Gasteiger partial charge in [0.25, 0.3) is 5.91 Å². The summed E-state index contributed by atoms with van der Waals surface area (Å²) in [5.74, 6) is -1.07. The molecule has 0 radical (unpaired) electrons. The van der Waals surface area contributed by atoms with E-state index in [-0.39, 0.29) is 5.57 Å². The molecule has 0 saturated carbocycles. The predicted octanol–water partition coefficient (Wildman–Crippen LogP) is 3.55. The number of anilines is 1. The van der Waals surface area contributed by atoms with Crippen LogP contribution >= 0.6 is 27.3 Å². The highest BCUT2D eigenvalue weighted by Gasteiger charge is 2.13. The number of hydrogen-bond donors (Lipinski definition) is 1. The Hall–Kier alpha value is -2.11. The summed E-state index contributed by atoms with van der Waals surface area (Å²) in [4.78, 5) is 12.1. The van der Waals surface area contributed by atoms with Crippen LogP contribution < -0.4 is 5.32 Å². The highest BCUT2D eigenvalue weighted by Crippen LogP contribution is 2.21. The lowest BCUT2D eigenvalue weighted by molar-refractivity contribution is -0.112. The average molecular weight is 381 g/mol. The van der Waals surface area contributed by atoms with E-state index in [1.165, 1.54) is 35.6 Å². The lowest BCUT2D eigenvalue weighted by Gasteiger charge is -2.02. The van der Waals surface area contributed by atoms with E-state index in [9.17, 15) is 9.18 Å². The third-order valence-electron chi connectivity index (χ3n) is 2.61. The fourth-order valence-corrected chi connectivity index (χ4v) is 2.58. The van der Waals surface area contributed by atoms with E-state index in [1.54, 1.807) is 6.07 Å². The van der Waals surface area contributed by atoms with Crippen LogP contribution in [0.4, 0.5) is 9.52 Å². The Morgan fingerprint density at radius 1 is 1.55 bits per heavy atom. The molecule has 22 heavy (non-hydrogen) atoms. The molecule has 0 aliphatic carbocycles. The number of halogens is 2. The molecule has 1 aromatic heterocycles. The molecular formula is C14H10BrFN4OS. The van der Waals surface area contributed by atoms with Crippen molar-refractivity contribution in [2.24, 2.45) is 0 Å². The molecule has 0 saturated heterocycles. The molecule has 0 atom stereocenters.